The van der Waals surface area contributed by atoms with Crippen molar-refractivity contribution in [1.29, 1.82) is 0 Å². The molecule has 0 aliphatic heterocycles. The van der Waals surface area contributed by atoms with Gasteiger partial charge in [0, 0.05) is 5.39 Å². The van der Waals surface area contributed by atoms with Crippen LogP contribution < -0.4 is 0 Å². The van der Waals surface area contributed by atoms with E-state index in [1.807, 2.05) is 38.0 Å². The van der Waals surface area contributed by atoms with Crippen LogP contribution in [0, 0.1) is 0 Å². The van der Waals surface area contributed by atoms with Gasteiger partial charge in [-0.05, 0) is 41.3 Å². The predicted molar refractivity (Wildman–Crippen MR) is 103 cm³/mol. The number of fused-ring (bicyclic) bond motifs is 1. The summed E-state index contributed by atoms with van der Waals surface area (Å²) in [5.41, 5.74) is 3.20. The van der Waals surface area contributed by atoms with Crippen molar-refractivity contribution in [2.24, 2.45) is 0 Å². The minimum atomic E-state index is -4.25. The van der Waals surface area contributed by atoms with Gasteiger partial charge in [-0.3, -0.25) is 4.55 Å². The molecule has 0 spiro atoms. The van der Waals surface area contributed by atoms with Crippen molar-refractivity contribution < 1.29 is 17.8 Å². The summed E-state index contributed by atoms with van der Waals surface area (Å²) in [6.45, 7) is 8.28. The number of benzene rings is 2. The lowest BCUT2D eigenvalue weighted by Gasteiger charge is -2.21. The van der Waals surface area contributed by atoms with Crippen LogP contribution in [0.15, 0.2) is 29.2 Å². The number of hydrogen-bond acceptors (Lipinski definition) is 3. The monoisotopic (exact) mass is 364 g/mol. The van der Waals surface area contributed by atoms with Gasteiger partial charge in [0.1, 0.15) is 11.7 Å². The van der Waals surface area contributed by atoms with Gasteiger partial charge < -0.3 is 4.79 Å². The zero-order valence-electron chi connectivity index (χ0n) is 15.3. The maximum Gasteiger partial charge on any atom is 0.295 e. The number of rotatable bonds is 7. The molecule has 0 aliphatic rings. The SMILES string of the molecule is C=O.CCCc1c(CCC)c(S(=O)(=O)O)c2ccccc2c1CCC. The molecule has 2 aromatic rings. The Hall–Kier alpha value is -1.72. The quantitative estimate of drug-likeness (QED) is 0.719. The average Bonchev–Trinajstić information content (AvgIpc) is 2.58. The fourth-order valence-electron chi connectivity index (χ4n) is 3.48. The second-order valence-electron chi connectivity index (χ2n) is 6.04. The smallest absolute Gasteiger partial charge is 0.295 e. The second kappa shape index (κ2) is 9.68. The fraction of sp³-hybridized carbons (Fsp3) is 0.450. The van der Waals surface area contributed by atoms with Gasteiger partial charge in [0.15, 0.2) is 0 Å². The molecule has 4 nitrogen and oxygen atoms in total. The van der Waals surface area contributed by atoms with E-state index in [4.69, 9.17) is 4.79 Å². The van der Waals surface area contributed by atoms with E-state index in [9.17, 15) is 13.0 Å². The van der Waals surface area contributed by atoms with E-state index >= 15 is 0 Å². The van der Waals surface area contributed by atoms with Crippen molar-refractivity contribution in [3.05, 3.63) is 41.0 Å². The first-order valence-electron chi connectivity index (χ1n) is 8.77. The Labute approximate surface area is 151 Å². The first-order valence-corrected chi connectivity index (χ1v) is 10.2. The highest BCUT2D eigenvalue weighted by Gasteiger charge is 2.24. The molecule has 2 rings (SSSR count). The zero-order valence-corrected chi connectivity index (χ0v) is 16.2. The standard InChI is InChI=1S/C19H26O3S.CH2O/c1-4-9-14-15(10-5-2)17(11-6-3)19(23(20,21)22)18-13-8-7-12-16(14)18;1-2/h7-8,12-13H,4-6,9-11H2,1-3H3,(H,20,21,22);1H2. The summed E-state index contributed by atoms with van der Waals surface area (Å²) in [6.07, 6.45) is 5.26. The van der Waals surface area contributed by atoms with Crippen molar-refractivity contribution in [3.8, 4) is 0 Å². The first kappa shape index (κ1) is 21.3. The van der Waals surface area contributed by atoms with Crippen LogP contribution in [-0.2, 0) is 34.2 Å². The minimum Gasteiger partial charge on any atom is -0.307 e. The van der Waals surface area contributed by atoms with E-state index < -0.39 is 10.1 Å². The molecule has 0 aliphatic carbocycles. The maximum absolute atomic E-state index is 12.1. The lowest BCUT2D eigenvalue weighted by molar-refractivity contribution is -0.0980. The zero-order chi connectivity index (χ0) is 19.0. The minimum absolute atomic E-state index is 0.123. The van der Waals surface area contributed by atoms with Crippen LogP contribution in [0.3, 0.4) is 0 Å². The van der Waals surface area contributed by atoms with Crippen LogP contribution >= 0.6 is 0 Å². The predicted octanol–water partition coefficient (Wildman–Crippen LogP) is 4.76. The molecule has 0 saturated carbocycles. The molecule has 0 radical (unpaired) electrons. The third kappa shape index (κ3) is 4.67. The van der Waals surface area contributed by atoms with Gasteiger partial charge in [-0.2, -0.15) is 8.42 Å². The summed E-state index contributed by atoms with van der Waals surface area (Å²) >= 11 is 0. The summed E-state index contributed by atoms with van der Waals surface area (Å²) in [5.74, 6) is 0. The van der Waals surface area contributed by atoms with E-state index in [2.05, 4.69) is 13.8 Å². The largest absolute Gasteiger partial charge is 0.307 e. The normalized spacial score (nSPS) is 11.2. The first-order chi connectivity index (χ1) is 12.0. The van der Waals surface area contributed by atoms with Gasteiger partial charge >= 0.3 is 0 Å². The Bertz CT molecular complexity index is 810. The Morgan fingerprint density at radius 3 is 1.72 bits per heavy atom. The molecule has 0 unspecified atom stereocenters. The summed E-state index contributed by atoms with van der Waals surface area (Å²) in [6, 6.07) is 7.56. The molecule has 0 atom stereocenters. The number of hydrogen-bond donors (Lipinski definition) is 1. The molecular formula is C20H28O4S. The summed E-state index contributed by atoms with van der Waals surface area (Å²) < 4.78 is 34.1. The summed E-state index contributed by atoms with van der Waals surface area (Å²) in [7, 11) is -4.25. The van der Waals surface area contributed by atoms with E-state index in [1.165, 1.54) is 5.56 Å². The highest BCUT2D eigenvalue weighted by Crippen LogP contribution is 2.36. The molecule has 0 heterocycles. The van der Waals surface area contributed by atoms with Gasteiger partial charge in [-0.1, -0.05) is 64.3 Å². The van der Waals surface area contributed by atoms with Crippen molar-refractivity contribution >= 4 is 27.7 Å². The molecular weight excluding hydrogens is 336 g/mol. The summed E-state index contributed by atoms with van der Waals surface area (Å²) in [4.78, 5) is 8.12. The number of carbonyl (C=O) groups excluding carboxylic acids is 1. The highest BCUT2D eigenvalue weighted by molar-refractivity contribution is 7.86. The second-order valence-corrected chi connectivity index (χ2v) is 7.39. The summed E-state index contributed by atoms with van der Waals surface area (Å²) in [5, 5.41) is 1.62. The van der Waals surface area contributed by atoms with Crippen LogP contribution in [0.5, 0.6) is 0 Å². The van der Waals surface area contributed by atoms with Crippen LogP contribution in [0.4, 0.5) is 0 Å². The van der Waals surface area contributed by atoms with Gasteiger partial charge in [0.25, 0.3) is 10.1 Å². The van der Waals surface area contributed by atoms with Crippen LogP contribution in [0.2, 0.25) is 0 Å². The highest BCUT2D eigenvalue weighted by atomic mass is 32.2. The van der Waals surface area contributed by atoms with Crippen LogP contribution in [-0.4, -0.2) is 19.8 Å². The topological polar surface area (TPSA) is 71.4 Å². The lowest BCUT2D eigenvalue weighted by atomic mass is 9.87. The van der Waals surface area contributed by atoms with Crippen LogP contribution in [0.25, 0.3) is 10.8 Å². The van der Waals surface area contributed by atoms with Crippen LogP contribution in [0.1, 0.15) is 56.7 Å². The molecule has 2 aromatic carbocycles. The third-order valence-corrected chi connectivity index (χ3v) is 5.24. The molecule has 0 aromatic heterocycles. The van der Waals surface area contributed by atoms with E-state index in [-0.39, 0.29) is 4.90 Å². The van der Waals surface area contributed by atoms with Crippen molar-refractivity contribution in [2.75, 3.05) is 0 Å². The fourth-order valence-corrected chi connectivity index (χ4v) is 4.48. The van der Waals surface area contributed by atoms with E-state index in [1.54, 1.807) is 0 Å². The van der Waals surface area contributed by atoms with Crippen molar-refractivity contribution in [1.82, 2.24) is 0 Å². The maximum atomic E-state index is 12.1. The molecule has 0 saturated heterocycles. The molecule has 1 N–H and O–H groups in total. The molecule has 0 amide bonds. The average molecular weight is 365 g/mol. The van der Waals surface area contributed by atoms with E-state index in [0.29, 0.717) is 11.8 Å². The Balaban J connectivity index is 0.00000151. The van der Waals surface area contributed by atoms with Gasteiger partial charge in [-0.25, -0.2) is 0 Å². The van der Waals surface area contributed by atoms with Gasteiger partial charge in [0.05, 0.1) is 0 Å². The molecule has 25 heavy (non-hydrogen) atoms. The Kier molecular flexibility index (Phi) is 8.26. The van der Waals surface area contributed by atoms with Crippen molar-refractivity contribution in [3.63, 3.8) is 0 Å². The Morgan fingerprint density at radius 2 is 1.24 bits per heavy atom. The van der Waals surface area contributed by atoms with E-state index in [0.717, 1.165) is 48.6 Å². The van der Waals surface area contributed by atoms with Crippen molar-refractivity contribution in [2.45, 2.75) is 64.2 Å². The molecule has 138 valence electrons. The lowest BCUT2D eigenvalue weighted by Crippen LogP contribution is -2.11. The molecule has 5 heteroatoms. The molecule has 0 fully saturated rings. The van der Waals surface area contributed by atoms with Gasteiger partial charge in [-0.15, -0.1) is 0 Å². The Morgan fingerprint density at radius 1 is 0.800 bits per heavy atom. The number of aryl methyl sites for hydroxylation is 1. The molecule has 0 bridgehead atoms. The third-order valence-electron chi connectivity index (χ3n) is 4.26. The number of carbonyl (C=O) groups is 1. The van der Waals surface area contributed by atoms with Gasteiger partial charge in [0.2, 0.25) is 0 Å².